The fourth-order valence-corrected chi connectivity index (χ4v) is 3.61. The molecule has 0 spiro atoms. The largest absolute Gasteiger partial charge is 0.367 e. The lowest BCUT2D eigenvalue weighted by Crippen LogP contribution is -2.50. The third kappa shape index (κ3) is 4.21. The molecule has 0 aliphatic carbocycles. The van der Waals surface area contributed by atoms with Crippen molar-refractivity contribution >= 4 is 21.6 Å². The minimum absolute atomic E-state index is 0.0516. The van der Waals surface area contributed by atoms with Crippen LogP contribution in [0.3, 0.4) is 0 Å². The van der Waals surface area contributed by atoms with Crippen molar-refractivity contribution in [3.63, 3.8) is 0 Å². The summed E-state index contributed by atoms with van der Waals surface area (Å²) in [5.74, 6) is 0.0516. The van der Waals surface area contributed by atoms with Gasteiger partial charge in [-0.3, -0.25) is 4.79 Å². The average Bonchev–Trinajstić information content (AvgIpc) is 2.54. The van der Waals surface area contributed by atoms with Crippen LogP contribution in [0.2, 0.25) is 0 Å². The highest BCUT2D eigenvalue weighted by Gasteiger charge is 2.25. The lowest BCUT2D eigenvalue weighted by Gasteiger charge is -2.37. The summed E-state index contributed by atoms with van der Waals surface area (Å²) in [4.78, 5) is 16.1. The lowest BCUT2D eigenvalue weighted by molar-refractivity contribution is -0.131. The van der Waals surface area contributed by atoms with Crippen LogP contribution < -0.4 is 15.4 Å². The first-order valence-electron chi connectivity index (χ1n) is 7.66. The third-order valence-corrected chi connectivity index (χ3v) is 5.35. The van der Waals surface area contributed by atoms with Crippen LogP contribution in [0.1, 0.15) is 13.3 Å². The molecule has 1 aromatic carbocycles. The Morgan fingerprint density at radius 1 is 1.26 bits per heavy atom. The number of benzene rings is 1. The van der Waals surface area contributed by atoms with E-state index in [2.05, 4.69) is 4.72 Å². The summed E-state index contributed by atoms with van der Waals surface area (Å²) in [6.45, 7) is 4.15. The Morgan fingerprint density at radius 2 is 1.87 bits per heavy atom. The summed E-state index contributed by atoms with van der Waals surface area (Å²) in [6, 6.07) is 6.76. The molecule has 0 bridgehead atoms. The molecule has 3 N–H and O–H groups in total. The van der Waals surface area contributed by atoms with Gasteiger partial charge in [0.15, 0.2) is 0 Å². The van der Waals surface area contributed by atoms with Crippen LogP contribution >= 0.6 is 0 Å². The van der Waals surface area contributed by atoms with Gasteiger partial charge in [-0.1, -0.05) is 12.1 Å². The Morgan fingerprint density at radius 3 is 2.43 bits per heavy atom. The van der Waals surface area contributed by atoms with Gasteiger partial charge in [0.2, 0.25) is 15.9 Å². The van der Waals surface area contributed by atoms with Crippen LogP contribution in [0, 0.1) is 0 Å². The number of hydrogen-bond donors (Lipinski definition) is 2. The van der Waals surface area contributed by atoms with Crippen molar-refractivity contribution in [3.8, 4) is 0 Å². The van der Waals surface area contributed by atoms with Crippen molar-refractivity contribution in [1.29, 1.82) is 0 Å². The molecular weight excluding hydrogens is 316 g/mol. The van der Waals surface area contributed by atoms with Crippen molar-refractivity contribution in [3.05, 3.63) is 24.3 Å². The fraction of sp³-hybridized carbons (Fsp3) is 0.533. The number of sulfonamides is 1. The molecule has 0 saturated carbocycles. The second-order valence-corrected chi connectivity index (χ2v) is 7.58. The number of hydrogen-bond acceptors (Lipinski definition) is 5. The maximum atomic E-state index is 12.1. The Bertz CT molecular complexity index is 652. The van der Waals surface area contributed by atoms with Crippen molar-refractivity contribution < 1.29 is 13.2 Å². The quantitative estimate of drug-likeness (QED) is 0.785. The Kier molecular flexibility index (Phi) is 5.61. The smallest absolute Gasteiger partial charge is 0.242 e. The molecule has 1 aromatic rings. The van der Waals surface area contributed by atoms with Crippen LogP contribution in [-0.4, -0.2) is 58.5 Å². The van der Waals surface area contributed by atoms with Crippen LogP contribution in [0.25, 0.3) is 0 Å². The molecule has 0 radical (unpaired) electrons. The summed E-state index contributed by atoms with van der Waals surface area (Å²) >= 11 is 0. The highest BCUT2D eigenvalue weighted by atomic mass is 32.2. The normalized spacial score (nSPS) is 17.2. The molecule has 1 aliphatic rings. The summed E-state index contributed by atoms with van der Waals surface area (Å²) in [5, 5.41) is 0. The molecule has 8 heteroatoms. The van der Waals surface area contributed by atoms with E-state index >= 15 is 0 Å². The Balaban J connectivity index is 2.11. The van der Waals surface area contributed by atoms with E-state index in [4.69, 9.17) is 5.73 Å². The first-order chi connectivity index (χ1) is 10.8. The monoisotopic (exact) mass is 340 g/mol. The molecule has 23 heavy (non-hydrogen) atoms. The molecule has 1 fully saturated rings. The van der Waals surface area contributed by atoms with Gasteiger partial charge in [0.25, 0.3) is 0 Å². The van der Waals surface area contributed by atoms with E-state index in [1.165, 1.54) is 7.05 Å². The predicted octanol–water partition coefficient (Wildman–Crippen LogP) is -0.0194. The Labute approximate surface area is 137 Å². The van der Waals surface area contributed by atoms with Gasteiger partial charge < -0.3 is 15.5 Å². The fourth-order valence-electron chi connectivity index (χ4n) is 2.66. The number of nitrogens with two attached hydrogens (primary N) is 1. The number of nitrogens with one attached hydrogen (secondary N) is 1. The third-order valence-electron chi connectivity index (χ3n) is 3.89. The molecule has 0 aromatic heterocycles. The molecule has 1 amide bonds. The molecule has 7 nitrogen and oxygen atoms in total. The highest BCUT2D eigenvalue weighted by molar-refractivity contribution is 7.89. The maximum Gasteiger partial charge on any atom is 0.242 e. The number of rotatable bonds is 5. The van der Waals surface area contributed by atoms with Gasteiger partial charge >= 0.3 is 0 Å². The lowest BCUT2D eigenvalue weighted by atomic mass is 10.2. The molecule has 1 atom stereocenters. The summed E-state index contributed by atoms with van der Waals surface area (Å²) in [6.07, 6.45) is 0.338. The minimum atomic E-state index is -3.51. The number of carbonyl (C=O) groups excluding carboxylic acids is 1. The van der Waals surface area contributed by atoms with Gasteiger partial charge in [0.05, 0.1) is 5.69 Å². The van der Waals surface area contributed by atoms with Crippen LogP contribution in [0.5, 0.6) is 0 Å². The number of amides is 1. The van der Waals surface area contributed by atoms with E-state index in [0.29, 0.717) is 38.3 Å². The van der Waals surface area contributed by atoms with E-state index in [9.17, 15) is 13.2 Å². The summed E-state index contributed by atoms with van der Waals surface area (Å²) in [5.41, 5.74) is 6.34. The molecule has 2 rings (SSSR count). The van der Waals surface area contributed by atoms with Crippen molar-refractivity contribution in [2.24, 2.45) is 5.73 Å². The van der Waals surface area contributed by atoms with Gasteiger partial charge in [-0.05, 0) is 26.1 Å². The van der Waals surface area contributed by atoms with Gasteiger partial charge in [0.1, 0.15) is 4.90 Å². The Hall–Kier alpha value is -1.64. The van der Waals surface area contributed by atoms with Gasteiger partial charge in [0, 0.05) is 38.6 Å². The van der Waals surface area contributed by atoms with E-state index in [-0.39, 0.29) is 16.8 Å². The van der Waals surface area contributed by atoms with Crippen molar-refractivity contribution in [2.45, 2.75) is 24.3 Å². The highest BCUT2D eigenvalue weighted by Crippen LogP contribution is 2.25. The van der Waals surface area contributed by atoms with Crippen LogP contribution in [0.4, 0.5) is 5.69 Å². The second-order valence-electron chi connectivity index (χ2n) is 5.72. The standard InChI is InChI=1S/C15H24N4O3S/c1-12(16)11-15(20)19-9-7-18(8-10-19)13-5-3-4-6-14(13)23(21,22)17-2/h3-6,12,17H,7-11,16H2,1-2H3. The topological polar surface area (TPSA) is 95.7 Å². The van der Waals surface area contributed by atoms with Crippen LogP contribution in [0.15, 0.2) is 29.2 Å². The summed E-state index contributed by atoms with van der Waals surface area (Å²) < 4.78 is 26.6. The number of anilines is 1. The maximum absolute atomic E-state index is 12.1. The van der Waals surface area contributed by atoms with E-state index in [1.54, 1.807) is 23.1 Å². The van der Waals surface area contributed by atoms with E-state index in [0.717, 1.165) is 0 Å². The molecule has 1 aliphatic heterocycles. The van der Waals surface area contributed by atoms with Crippen molar-refractivity contribution in [1.82, 2.24) is 9.62 Å². The summed E-state index contributed by atoms with van der Waals surface area (Å²) in [7, 11) is -2.11. The molecule has 128 valence electrons. The number of nitrogens with zero attached hydrogens (tertiary/aromatic N) is 2. The zero-order valence-corrected chi connectivity index (χ0v) is 14.3. The number of piperazine rings is 1. The first-order valence-corrected chi connectivity index (χ1v) is 9.14. The van der Waals surface area contributed by atoms with Crippen molar-refractivity contribution in [2.75, 3.05) is 38.1 Å². The second kappa shape index (κ2) is 7.29. The van der Waals surface area contributed by atoms with Gasteiger partial charge in [-0.25, -0.2) is 13.1 Å². The predicted molar refractivity (Wildman–Crippen MR) is 89.7 cm³/mol. The average molecular weight is 340 g/mol. The molecule has 1 unspecified atom stereocenters. The molecule has 1 saturated heterocycles. The molecule has 1 heterocycles. The first kappa shape index (κ1) is 17.7. The SMILES string of the molecule is CNS(=O)(=O)c1ccccc1N1CCN(C(=O)CC(C)N)CC1. The number of para-hydroxylation sites is 1. The van der Waals surface area contributed by atoms with E-state index < -0.39 is 10.0 Å². The number of carbonyl (C=O) groups is 1. The minimum Gasteiger partial charge on any atom is -0.367 e. The van der Waals surface area contributed by atoms with E-state index in [1.807, 2.05) is 17.9 Å². The molecular formula is C15H24N4O3S. The zero-order chi connectivity index (χ0) is 17.0. The van der Waals surface area contributed by atoms with Gasteiger partial charge in [-0.15, -0.1) is 0 Å². The zero-order valence-electron chi connectivity index (χ0n) is 13.5. The van der Waals surface area contributed by atoms with Crippen LogP contribution in [-0.2, 0) is 14.8 Å². The van der Waals surface area contributed by atoms with Gasteiger partial charge in [-0.2, -0.15) is 0 Å².